The molecule has 2 aromatic carbocycles. The largest absolute Gasteiger partial charge is 0.492 e. The second-order valence-electron chi connectivity index (χ2n) is 7.68. The predicted molar refractivity (Wildman–Crippen MR) is 112 cm³/mol. The van der Waals surface area contributed by atoms with Crippen molar-refractivity contribution in [2.45, 2.75) is 25.2 Å². The molecule has 1 saturated carbocycles. The summed E-state index contributed by atoms with van der Waals surface area (Å²) in [5.74, 6) is 0.918. The molecule has 2 amide bonds. The monoisotopic (exact) mass is 379 g/mol. The van der Waals surface area contributed by atoms with Gasteiger partial charge < -0.3 is 19.9 Å². The molecule has 28 heavy (non-hydrogen) atoms. The third-order valence-corrected chi connectivity index (χ3v) is 5.89. The lowest BCUT2D eigenvalue weighted by atomic mass is 9.96. The Morgan fingerprint density at radius 2 is 1.68 bits per heavy atom. The summed E-state index contributed by atoms with van der Waals surface area (Å²) >= 11 is 0. The number of ether oxygens (including phenoxy) is 1. The van der Waals surface area contributed by atoms with Gasteiger partial charge in [0.2, 0.25) is 0 Å². The van der Waals surface area contributed by atoms with Crippen molar-refractivity contribution in [2.75, 3.05) is 44.2 Å². The fourth-order valence-corrected chi connectivity index (χ4v) is 4.01. The van der Waals surface area contributed by atoms with Crippen molar-refractivity contribution in [3.05, 3.63) is 60.2 Å². The normalized spacial score (nSPS) is 17.9. The Balaban J connectivity index is 1.30. The van der Waals surface area contributed by atoms with Gasteiger partial charge in [-0.2, -0.15) is 0 Å². The zero-order chi connectivity index (χ0) is 19.4. The van der Waals surface area contributed by atoms with Crippen molar-refractivity contribution in [3.8, 4) is 5.75 Å². The summed E-state index contributed by atoms with van der Waals surface area (Å²) in [6.07, 6.45) is 2.30. The van der Waals surface area contributed by atoms with Crippen molar-refractivity contribution >= 4 is 11.7 Å². The number of nitrogens with zero attached hydrogens (tertiary/aromatic N) is 2. The number of benzene rings is 2. The number of nitrogens with one attached hydrogen (secondary N) is 1. The molecule has 0 spiro atoms. The Morgan fingerprint density at radius 3 is 2.36 bits per heavy atom. The van der Waals surface area contributed by atoms with Crippen LogP contribution in [0.5, 0.6) is 5.75 Å². The van der Waals surface area contributed by atoms with Crippen LogP contribution in [0.3, 0.4) is 0 Å². The molecule has 2 aliphatic rings. The molecule has 148 valence electrons. The number of para-hydroxylation sites is 2. The van der Waals surface area contributed by atoms with E-state index >= 15 is 0 Å². The lowest BCUT2D eigenvalue weighted by Crippen LogP contribution is -2.52. The van der Waals surface area contributed by atoms with Crippen molar-refractivity contribution in [3.63, 3.8) is 0 Å². The molecule has 2 fully saturated rings. The van der Waals surface area contributed by atoms with Crippen molar-refractivity contribution in [1.29, 1.82) is 0 Å². The molecule has 1 N–H and O–H groups in total. The number of hydrogen-bond acceptors (Lipinski definition) is 3. The highest BCUT2D eigenvalue weighted by molar-refractivity contribution is 5.75. The second kappa shape index (κ2) is 8.13. The molecule has 4 rings (SSSR count). The lowest BCUT2D eigenvalue weighted by molar-refractivity contribution is 0.193. The molecular weight excluding hydrogens is 350 g/mol. The molecule has 0 radical (unpaired) electrons. The van der Waals surface area contributed by atoms with Gasteiger partial charge in [0.15, 0.2) is 0 Å². The molecule has 0 atom stereocenters. The lowest BCUT2D eigenvalue weighted by Gasteiger charge is -2.37. The fraction of sp³-hybridized carbons (Fsp3) is 0.435. The van der Waals surface area contributed by atoms with Gasteiger partial charge in [-0.1, -0.05) is 42.5 Å². The van der Waals surface area contributed by atoms with Crippen molar-refractivity contribution < 1.29 is 9.53 Å². The Labute approximate surface area is 167 Å². The number of carbonyl (C=O) groups is 1. The van der Waals surface area contributed by atoms with E-state index in [0.29, 0.717) is 6.61 Å². The Hall–Kier alpha value is -2.69. The molecular formula is C23H29N3O2. The second-order valence-corrected chi connectivity index (χ2v) is 7.68. The van der Waals surface area contributed by atoms with Crippen LogP contribution in [0.4, 0.5) is 10.5 Å². The van der Waals surface area contributed by atoms with E-state index in [4.69, 9.17) is 4.74 Å². The van der Waals surface area contributed by atoms with Crippen LogP contribution in [0, 0.1) is 0 Å². The minimum absolute atomic E-state index is 0.0555. The van der Waals surface area contributed by atoms with E-state index in [1.165, 1.54) is 5.56 Å². The van der Waals surface area contributed by atoms with Gasteiger partial charge in [-0.05, 0) is 37.5 Å². The summed E-state index contributed by atoms with van der Waals surface area (Å²) in [5, 5.41) is 3.18. The highest BCUT2D eigenvalue weighted by atomic mass is 16.5. The average molecular weight is 380 g/mol. The van der Waals surface area contributed by atoms with Gasteiger partial charge in [-0.15, -0.1) is 0 Å². The zero-order valence-corrected chi connectivity index (χ0v) is 16.6. The van der Waals surface area contributed by atoms with Crippen molar-refractivity contribution in [1.82, 2.24) is 10.2 Å². The SMILES string of the molecule is CCOc1ccccc1N1CCN(C(=O)NCC2(c3ccccc3)CC2)CC1. The maximum Gasteiger partial charge on any atom is 0.317 e. The third kappa shape index (κ3) is 3.93. The van der Waals surface area contributed by atoms with Gasteiger partial charge >= 0.3 is 6.03 Å². The van der Waals surface area contributed by atoms with Gasteiger partial charge in [0.25, 0.3) is 0 Å². The van der Waals surface area contributed by atoms with Gasteiger partial charge in [-0.25, -0.2) is 4.79 Å². The topological polar surface area (TPSA) is 44.8 Å². The molecule has 0 unspecified atom stereocenters. The van der Waals surface area contributed by atoms with Gasteiger partial charge in [0.05, 0.1) is 12.3 Å². The first kappa shape index (κ1) is 18.7. The zero-order valence-electron chi connectivity index (χ0n) is 16.6. The molecule has 0 bridgehead atoms. The highest BCUT2D eigenvalue weighted by Gasteiger charge is 2.44. The van der Waals surface area contributed by atoms with Crippen LogP contribution in [0.1, 0.15) is 25.3 Å². The number of hydrogen-bond donors (Lipinski definition) is 1. The molecule has 5 heteroatoms. The molecule has 2 aromatic rings. The first-order valence-corrected chi connectivity index (χ1v) is 10.3. The van der Waals surface area contributed by atoms with Crippen LogP contribution in [-0.4, -0.2) is 50.3 Å². The highest BCUT2D eigenvalue weighted by Crippen LogP contribution is 2.47. The number of carbonyl (C=O) groups excluding carboxylic acids is 1. The average Bonchev–Trinajstić information content (AvgIpc) is 3.55. The van der Waals surface area contributed by atoms with Crippen LogP contribution >= 0.6 is 0 Å². The molecule has 1 heterocycles. The minimum atomic E-state index is 0.0555. The van der Waals surface area contributed by atoms with E-state index in [1.54, 1.807) is 0 Å². The Morgan fingerprint density at radius 1 is 1.00 bits per heavy atom. The summed E-state index contributed by atoms with van der Waals surface area (Å²) in [6, 6.07) is 18.7. The predicted octanol–water partition coefficient (Wildman–Crippen LogP) is 3.65. The van der Waals surface area contributed by atoms with Crippen LogP contribution in [0.2, 0.25) is 0 Å². The van der Waals surface area contributed by atoms with Crippen LogP contribution < -0.4 is 15.0 Å². The first-order valence-electron chi connectivity index (χ1n) is 10.3. The summed E-state index contributed by atoms with van der Waals surface area (Å²) in [6.45, 7) is 6.48. The summed E-state index contributed by atoms with van der Waals surface area (Å²) in [5.41, 5.74) is 2.60. The van der Waals surface area contributed by atoms with E-state index in [9.17, 15) is 4.79 Å². The molecule has 1 saturated heterocycles. The van der Waals surface area contributed by atoms with Gasteiger partial charge in [-0.3, -0.25) is 0 Å². The van der Waals surface area contributed by atoms with E-state index in [1.807, 2.05) is 36.1 Å². The van der Waals surface area contributed by atoms with E-state index in [2.05, 4.69) is 40.5 Å². The number of anilines is 1. The van der Waals surface area contributed by atoms with Crippen LogP contribution in [-0.2, 0) is 5.41 Å². The van der Waals surface area contributed by atoms with Gasteiger partial charge in [0.1, 0.15) is 5.75 Å². The Bertz CT molecular complexity index is 797. The van der Waals surface area contributed by atoms with Crippen molar-refractivity contribution in [2.24, 2.45) is 0 Å². The smallest absolute Gasteiger partial charge is 0.317 e. The Kier molecular flexibility index (Phi) is 5.42. The molecule has 1 aliphatic heterocycles. The third-order valence-electron chi connectivity index (χ3n) is 5.89. The van der Waals surface area contributed by atoms with Gasteiger partial charge in [0, 0.05) is 38.1 Å². The van der Waals surface area contributed by atoms with E-state index in [0.717, 1.165) is 57.0 Å². The summed E-state index contributed by atoms with van der Waals surface area (Å²) in [7, 11) is 0. The maximum absolute atomic E-state index is 12.7. The van der Waals surface area contributed by atoms with E-state index < -0.39 is 0 Å². The standard InChI is InChI=1S/C23H29N3O2/c1-2-28-21-11-7-6-10-20(21)25-14-16-26(17-15-25)22(27)24-18-23(12-13-23)19-8-4-3-5-9-19/h3-11H,2,12-18H2,1H3,(H,24,27). The number of rotatable bonds is 6. The van der Waals surface area contributed by atoms with Crippen LogP contribution in [0.15, 0.2) is 54.6 Å². The fourth-order valence-electron chi connectivity index (χ4n) is 4.01. The molecule has 5 nitrogen and oxygen atoms in total. The number of amides is 2. The number of urea groups is 1. The molecule has 1 aliphatic carbocycles. The molecule has 0 aromatic heterocycles. The number of piperazine rings is 1. The van der Waals surface area contributed by atoms with Crippen LogP contribution in [0.25, 0.3) is 0 Å². The van der Waals surface area contributed by atoms with E-state index in [-0.39, 0.29) is 11.4 Å². The first-order chi connectivity index (χ1) is 13.7. The maximum atomic E-state index is 12.7. The quantitative estimate of drug-likeness (QED) is 0.833. The summed E-state index contributed by atoms with van der Waals surface area (Å²) < 4.78 is 5.75. The summed E-state index contributed by atoms with van der Waals surface area (Å²) in [4.78, 5) is 16.9. The minimum Gasteiger partial charge on any atom is -0.492 e.